The number of para-hydroxylation sites is 1. The SMILES string of the molecule is O=C(NC(=Nc1ccccc1)N1CCN(C2CCCCC2)CC1)c1ccc(F)cc1. The van der Waals surface area contributed by atoms with Crippen molar-refractivity contribution in [1.82, 2.24) is 15.1 Å². The maximum Gasteiger partial charge on any atom is 0.257 e. The summed E-state index contributed by atoms with van der Waals surface area (Å²) >= 11 is 0. The molecule has 0 atom stereocenters. The van der Waals surface area contributed by atoms with Gasteiger partial charge in [0.15, 0.2) is 0 Å². The van der Waals surface area contributed by atoms with Crippen molar-refractivity contribution in [3.63, 3.8) is 0 Å². The second-order valence-corrected chi connectivity index (χ2v) is 8.05. The van der Waals surface area contributed by atoms with Gasteiger partial charge in [-0.2, -0.15) is 0 Å². The quantitative estimate of drug-likeness (QED) is 0.612. The second-order valence-electron chi connectivity index (χ2n) is 8.05. The summed E-state index contributed by atoms with van der Waals surface area (Å²) in [6.07, 6.45) is 6.62. The first kappa shape index (κ1) is 20.5. The summed E-state index contributed by atoms with van der Waals surface area (Å²) < 4.78 is 13.2. The van der Waals surface area contributed by atoms with Crippen LogP contribution in [0.15, 0.2) is 59.6 Å². The van der Waals surface area contributed by atoms with Gasteiger partial charge in [-0.25, -0.2) is 9.38 Å². The summed E-state index contributed by atoms with van der Waals surface area (Å²) in [5.41, 5.74) is 1.21. The van der Waals surface area contributed by atoms with E-state index in [1.807, 2.05) is 30.3 Å². The first-order chi connectivity index (χ1) is 14.7. The average molecular weight is 409 g/mol. The van der Waals surface area contributed by atoms with Crippen molar-refractivity contribution in [3.8, 4) is 0 Å². The number of hydrogen-bond acceptors (Lipinski definition) is 3. The molecule has 2 aliphatic rings. The third-order valence-corrected chi connectivity index (χ3v) is 6.03. The van der Waals surface area contributed by atoms with Crippen molar-refractivity contribution in [1.29, 1.82) is 0 Å². The molecule has 2 aromatic carbocycles. The lowest BCUT2D eigenvalue weighted by molar-refractivity contribution is 0.0943. The highest BCUT2D eigenvalue weighted by Crippen LogP contribution is 2.23. The smallest absolute Gasteiger partial charge is 0.257 e. The Labute approximate surface area is 177 Å². The van der Waals surface area contributed by atoms with Crippen LogP contribution in [0.5, 0.6) is 0 Å². The first-order valence-corrected chi connectivity index (χ1v) is 10.9. The monoisotopic (exact) mass is 408 g/mol. The van der Waals surface area contributed by atoms with Crippen molar-refractivity contribution >= 4 is 17.6 Å². The van der Waals surface area contributed by atoms with Crippen LogP contribution in [0.2, 0.25) is 0 Å². The van der Waals surface area contributed by atoms with Crippen LogP contribution >= 0.6 is 0 Å². The molecular formula is C24H29FN4O. The molecule has 30 heavy (non-hydrogen) atoms. The standard InChI is InChI=1S/C24H29FN4O/c25-20-13-11-19(12-14-20)23(30)27-24(26-21-7-3-1-4-8-21)29-17-15-28(16-18-29)22-9-5-2-6-10-22/h1,3-4,7-8,11-14,22H,2,5-6,9-10,15-18H2,(H,26,27,30). The molecule has 6 heteroatoms. The lowest BCUT2D eigenvalue weighted by atomic mass is 9.94. The summed E-state index contributed by atoms with van der Waals surface area (Å²) in [6, 6.07) is 15.9. The van der Waals surface area contributed by atoms with Crippen LogP contribution in [-0.4, -0.2) is 53.9 Å². The van der Waals surface area contributed by atoms with E-state index in [9.17, 15) is 9.18 Å². The highest BCUT2D eigenvalue weighted by molar-refractivity contribution is 6.06. The van der Waals surface area contributed by atoms with Gasteiger partial charge in [-0.3, -0.25) is 15.0 Å². The molecule has 4 rings (SSSR count). The zero-order valence-corrected chi connectivity index (χ0v) is 17.3. The number of amides is 1. The topological polar surface area (TPSA) is 47.9 Å². The third-order valence-electron chi connectivity index (χ3n) is 6.03. The molecule has 0 bridgehead atoms. The van der Waals surface area contributed by atoms with Crippen molar-refractivity contribution in [2.75, 3.05) is 26.2 Å². The van der Waals surface area contributed by atoms with Crippen molar-refractivity contribution in [3.05, 3.63) is 66.0 Å². The van der Waals surface area contributed by atoms with E-state index < -0.39 is 0 Å². The van der Waals surface area contributed by atoms with E-state index in [-0.39, 0.29) is 11.7 Å². The van der Waals surface area contributed by atoms with E-state index in [0.29, 0.717) is 17.6 Å². The first-order valence-electron chi connectivity index (χ1n) is 10.9. The zero-order valence-electron chi connectivity index (χ0n) is 17.3. The molecule has 1 amide bonds. The molecule has 0 radical (unpaired) electrons. The molecule has 1 heterocycles. The number of halogens is 1. The third kappa shape index (κ3) is 5.25. The zero-order chi connectivity index (χ0) is 20.8. The largest absolute Gasteiger partial charge is 0.340 e. The van der Waals surface area contributed by atoms with Crippen LogP contribution < -0.4 is 5.32 Å². The van der Waals surface area contributed by atoms with Crippen LogP contribution in [-0.2, 0) is 0 Å². The van der Waals surface area contributed by atoms with Crippen molar-refractivity contribution in [2.24, 2.45) is 4.99 Å². The number of rotatable bonds is 3. The summed E-state index contributed by atoms with van der Waals surface area (Å²) in [5.74, 6) is -0.0817. The Hall–Kier alpha value is -2.73. The van der Waals surface area contributed by atoms with Crippen LogP contribution in [0.4, 0.5) is 10.1 Å². The molecule has 0 spiro atoms. The maximum absolute atomic E-state index is 13.2. The van der Waals surface area contributed by atoms with Crippen molar-refractivity contribution < 1.29 is 9.18 Å². The van der Waals surface area contributed by atoms with Gasteiger partial charge in [0.25, 0.3) is 5.91 Å². The van der Waals surface area contributed by atoms with Gasteiger partial charge in [0.05, 0.1) is 5.69 Å². The summed E-state index contributed by atoms with van der Waals surface area (Å²) in [6.45, 7) is 3.60. The second kappa shape index (κ2) is 9.85. The fraction of sp³-hybridized carbons (Fsp3) is 0.417. The van der Waals surface area contributed by atoms with Crippen molar-refractivity contribution in [2.45, 2.75) is 38.1 Å². The van der Waals surface area contributed by atoms with Gasteiger partial charge in [-0.1, -0.05) is 37.5 Å². The number of guanidine groups is 1. The molecule has 2 aromatic rings. The summed E-state index contributed by atoms with van der Waals surface area (Å²) in [5, 5.41) is 2.96. The van der Waals surface area contributed by atoms with Crippen LogP contribution in [0.1, 0.15) is 42.5 Å². The molecule has 2 fully saturated rings. The van der Waals surface area contributed by atoms with Crippen LogP contribution in [0, 0.1) is 5.82 Å². The van der Waals surface area contributed by atoms with Gasteiger partial charge in [0, 0.05) is 37.8 Å². The van der Waals surface area contributed by atoms with E-state index in [0.717, 1.165) is 31.9 Å². The number of carbonyl (C=O) groups excluding carboxylic acids is 1. The Kier molecular flexibility index (Phi) is 6.74. The van der Waals surface area contributed by atoms with E-state index in [1.54, 1.807) is 0 Å². The minimum atomic E-state index is -0.358. The molecule has 0 aromatic heterocycles. The highest BCUT2D eigenvalue weighted by Gasteiger charge is 2.27. The fourth-order valence-electron chi connectivity index (χ4n) is 4.32. The Bertz CT molecular complexity index is 855. The highest BCUT2D eigenvalue weighted by atomic mass is 19.1. The molecule has 1 saturated carbocycles. The van der Waals surface area contributed by atoms with E-state index in [2.05, 4.69) is 15.1 Å². The van der Waals surface area contributed by atoms with Gasteiger partial charge in [-0.05, 0) is 49.2 Å². The predicted octanol–water partition coefficient (Wildman–Crippen LogP) is 4.19. The van der Waals surface area contributed by atoms with Gasteiger partial charge in [-0.15, -0.1) is 0 Å². The predicted molar refractivity (Wildman–Crippen MR) is 117 cm³/mol. The lowest BCUT2D eigenvalue weighted by Crippen LogP contribution is -2.55. The Morgan fingerprint density at radius 3 is 2.23 bits per heavy atom. The molecule has 1 saturated heterocycles. The number of nitrogens with one attached hydrogen (secondary N) is 1. The molecule has 5 nitrogen and oxygen atoms in total. The molecule has 1 aliphatic carbocycles. The van der Waals surface area contributed by atoms with Gasteiger partial charge >= 0.3 is 0 Å². The maximum atomic E-state index is 13.2. The minimum absolute atomic E-state index is 0.278. The minimum Gasteiger partial charge on any atom is -0.340 e. The average Bonchev–Trinajstić information content (AvgIpc) is 2.80. The fourth-order valence-corrected chi connectivity index (χ4v) is 4.32. The van der Waals surface area contributed by atoms with Gasteiger partial charge in [0.2, 0.25) is 5.96 Å². The summed E-state index contributed by atoms with van der Waals surface area (Å²) in [7, 11) is 0. The number of hydrogen-bond donors (Lipinski definition) is 1. The van der Waals surface area contributed by atoms with E-state index in [4.69, 9.17) is 4.99 Å². The molecule has 1 aliphatic heterocycles. The number of carbonyl (C=O) groups is 1. The van der Waals surface area contributed by atoms with Crippen LogP contribution in [0.25, 0.3) is 0 Å². The number of aliphatic imine (C=N–C) groups is 1. The lowest BCUT2D eigenvalue weighted by Gasteiger charge is -2.41. The Morgan fingerprint density at radius 1 is 0.900 bits per heavy atom. The van der Waals surface area contributed by atoms with Crippen LogP contribution in [0.3, 0.4) is 0 Å². The molecule has 0 unspecified atom stereocenters. The molecule has 1 N–H and O–H groups in total. The molecular weight excluding hydrogens is 379 g/mol. The van der Waals surface area contributed by atoms with Gasteiger partial charge < -0.3 is 4.90 Å². The normalized spacial score (nSPS) is 19.0. The van der Waals surface area contributed by atoms with E-state index >= 15 is 0 Å². The summed E-state index contributed by atoms with van der Waals surface area (Å²) in [4.78, 5) is 22.2. The number of benzene rings is 2. The molecule has 158 valence electrons. The van der Waals surface area contributed by atoms with E-state index in [1.165, 1.54) is 56.4 Å². The Balaban J connectivity index is 1.47. The van der Waals surface area contributed by atoms with Gasteiger partial charge in [0.1, 0.15) is 5.82 Å². The Morgan fingerprint density at radius 2 is 1.57 bits per heavy atom. The number of nitrogens with zero attached hydrogens (tertiary/aromatic N) is 3. The number of piperazine rings is 1.